The molecular weight excluding hydrogens is 362 g/mol. The van der Waals surface area contributed by atoms with Gasteiger partial charge in [0.1, 0.15) is 10.7 Å². The van der Waals surface area contributed by atoms with Gasteiger partial charge in [-0.05, 0) is 50.2 Å². The normalized spacial score (nSPS) is 20.9. The van der Waals surface area contributed by atoms with E-state index in [0.29, 0.717) is 35.1 Å². The molecular formula is C18H21ClF2N4O. The maximum Gasteiger partial charge on any atom is 0.248 e. The zero-order valence-corrected chi connectivity index (χ0v) is 15.1. The Bertz CT molecular complexity index is 824. The zero-order valence-electron chi connectivity index (χ0n) is 14.4. The summed E-state index contributed by atoms with van der Waals surface area (Å²) in [6.07, 6.45) is 3.92. The Morgan fingerprint density at radius 1 is 1.23 bits per heavy atom. The zero-order chi connectivity index (χ0) is 18.3. The summed E-state index contributed by atoms with van der Waals surface area (Å²) in [5.41, 5.74) is 1.36. The average Bonchev–Trinajstić information content (AvgIpc) is 2.85. The largest absolute Gasteiger partial charge is 0.296 e. The van der Waals surface area contributed by atoms with Crippen molar-refractivity contribution in [2.75, 3.05) is 5.32 Å². The van der Waals surface area contributed by atoms with Gasteiger partial charge in [0.05, 0.1) is 0 Å². The Kier molecular flexibility index (Phi) is 4.59. The smallest absolute Gasteiger partial charge is 0.248 e. The van der Waals surface area contributed by atoms with E-state index < -0.39 is 5.92 Å². The third kappa shape index (κ3) is 3.54. The molecule has 0 radical (unpaired) electrons. The molecule has 0 spiro atoms. The van der Waals surface area contributed by atoms with Gasteiger partial charge in [0.15, 0.2) is 5.65 Å². The van der Waals surface area contributed by atoms with Gasteiger partial charge in [-0.1, -0.05) is 11.6 Å². The number of alkyl halides is 2. The summed E-state index contributed by atoms with van der Waals surface area (Å²) >= 11 is 6.02. The lowest BCUT2D eigenvalue weighted by Gasteiger charge is -2.29. The van der Waals surface area contributed by atoms with Crippen molar-refractivity contribution in [3.8, 4) is 0 Å². The first-order valence-corrected chi connectivity index (χ1v) is 9.51. The second-order valence-electron chi connectivity index (χ2n) is 7.42. The van der Waals surface area contributed by atoms with Crippen LogP contribution in [0.1, 0.15) is 57.4 Å². The topological polar surface area (TPSA) is 59.8 Å². The molecule has 0 aromatic carbocycles. The molecule has 2 saturated carbocycles. The molecule has 5 nitrogen and oxygen atoms in total. The number of carbonyl (C=O) groups is 1. The molecule has 2 aromatic rings. The van der Waals surface area contributed by atoms with Crippen molar-refractivity contribution in [1.29, 1.82) is 0 Å². The molecule has 0 unspecified atom stereocenters. The minimum absolute atomic E-state index is 0.00345. The second-order valence-corrected chi connectivity index (χ2v) is 7.81. The quantitative estimate of drug-likeness (QED) is 0.760. The number of anilines is 1. The predicted molar refractivity (Wildman–Crippen MR) is 95.6 cm³/mol. The number of nitrogens with zero attached hydrogens (tertiary/aromatic N) is 3. The maximum absolute atomic E-state index is 13.3. The number of hydrogen-bond acceptors (Lipinski definition) is 3. The van der Waals surface area contributed by atoms with Crippen molar-refractivity contribution in [2.24, 2.45) is 5.92 Å². The highest BCUT2D eigenvalue weighted by molar-refractivity contribution is 6.29. The summed E-state index contributed by atoms with van der Waals surface area (Å²) in [6.45, 7) is 0. The van der Waals surface area contributed by atoms with Crippen LogP contribution >= 0.6 is 11.6 Å². The van der Waals surface area contributed by atoms with Gasteiger partial charge >= 0.3 is 0 Å². The van der Waals surface area contributed by atoms with Gasteiger partial charge < -0.3 is 0 Å². The number of carbonyl (C=O) groups excluding carboxylic acids is 1. The fourth-order valence-electron chi connectivity index (χ4n) is 3.77. The lowest BCUT2D eigenvalue weighted by Crippen LogP contribution is -2.28. The number of rotatable bonds is 4. The van der Waals surface area contributed by atoms with Crippen molar-refractivity contribution in [3.05, 3.63) is 17.3 Å². The number of amides is 1. The molecule has 2 aliphatic rings. The minimum Gasteiger partial charge on any atom is -0.296 e. The number of fused-ring (bicyclic) bond motifs is 1. The van der Waals surface area contributed by atoms with E-state index in [4.69, 9.17) is 11.6 Å². The van der Waals surface area contributed by atoms with Crippen LogP contribution in [-0.4, -0.2) is 26.4 Å². The summed E-state index contributed by atoms with van der Waals surface area (Å²) in [5, 5.41) is 3.27. The van der Waals surface area contributed by atoms with Crippen molar-refractivity contribution in [2.45, 2.75) is 63.3 Å². The Morgan fingerprint density at radius 3 is 2.62 bits per heavy atom. The molecule has 2 heterocycles. The van der Waals surface area contributed by atoms with Crippen LogP contribution < -0.4 is 5.32 Å². The molecule has 0 bridgehead atoms. The monoisotopic (exact) mass is 382 g/mol. The molecule has 2 aromatic heterocycles. The number of imidazole rings is 1. The highest BCUT2D eigenvalue weighted by Gasteiger charge is 2.35. The van der Waals surface area contributed by atoms with E-state index in [1.807, 2.05) is 4.57 Å². The molecule has 26 heavy (non-hydrogen) atoms. The van der Waals surface area contributed by atoms with E-state index >= 15 is 0 Å². The molecule has 2 aliphatic carbocycles. The molecule has 1 amide bonds. The van der Waals surface area contributed by atoms with Crippen molar-refractivity contribution in [3.63, 3.8) is 0 Å². The van der Waals surface area contributed by atoms with Gasteiger partial charge in [0.2, 0.25) is 17.8 Å². The van der Waals surface area contributed by atoms with Crippen LogP contribution in [-0.2, 0) is 4.79 Å². The number of nitrogens with one attached hydrogen (secondary N) is 1. The van der Waals surface area contributed by atoms with E-state index in [1.165, 1.54) is 0 Å². The first-order valence-electron chi connectivity index (χ1n) is 9.13. The van der Waals surface area contributed by atoms with Crippen LogP contribution in [0.4, 0.5) is 14.7 Å². The highest BCUT2D eigenvalue weighted by atomic mass is 35.5. The van der Waals surface area contributed by atoms with Crippen molar-refractivity contribution in [1.82, 2.24) is 14.5 Å². The van der Waals surface area contributed by atoms with Gasteiger partial charge in [0, 0.05) is 25.3 Å². The molecule has 0 aliphatic heterocycles. The van der Waals surface area contributed by atoms with Gasteiger partial charge in [0.25, 0.3) is 0 Å². The fourth-order valence-corrected chi connectivity index (χ4v) is 3.91. The highest BCUT2D eigenvalue weighted by Crippen LogP contribution is 2.39. The van der Waals surface area contributed by atoms with Crippen LogP contribution in [0.2, 0.25) is 5.15 Å². The predicted octanol–water partition coefficient (Wildman–Crippen LogP) is 4.96. The first kappa shape index (κ1) is 17.6. The third-order valence-electron chi connectivity index (χ3n) is 5.51. The van der Waals surface area contributed by atoms with Gasteiger partial charge in [-0.2, -0.15) is 0 Å². The Hall–Kier alpha value is -1.76. The molecule has 2 fully saturated rings. The van der Waals surface area contributed by atoms with Gasteiger partial charge in [-0.25, -0.2) is 18.7 Å². The number of halogens is 3. The molecule has 1 N–H and O–H groups in total. The summed E-state index contributed by atoms with van der Waals surface area (Å²) < 4.78 is 28.5. The van der Waals surface area contributed by atoms with E-state index in [2.05, 4.69) is 15.3 Å². The molecule has 140 valence electrons. The molecule has 0 saturated heterocycles. The summed E-state index contributed by atoms with van der Waals surface area (Å²) in [4.78, 5) is 21.3. The van der Waals surface area contributed by atoms with Crippen LogP contribution in [0, 0.1) is 5.92 Å². The number of hydrogen-bond donors (Lipinski definition) is 1. The fraction of sp³-hybridized carbons (Fsp3) is 0.611. The van der Waals surface area contributed by atoms with Crippen LogP contribution in [0.3, 0.4) is 0 Å². The second kappa shape index (κ2) is 6.76. The lowest BCUT2D eigenvalue weighted by molar-refractivity contribution is -0.118. The molecule has 4 rings (SSSR count). The van der Waals surface area contributed by atoms with Crippen LogP contribution in [0.5, 0.6) is 0 Å². The number of aromatic nitrogens is 3. The summed E-state index contributed by atoms with van der Waals surface area (Å²) in [7, 11) is 0. The van der Waals surface area contributed by atoms with E-state index in [9.17, 15) is 13.6 Å². The maximum atomic E-state index is 13.3. The minimum atomic E-state index is -2.57. The SMILES string of the molecule is O=C(CC1CCC(F)(F)CC1)Nc1nc2ccc(Cl)nc2n1C1CCC1. The molecule has 0 atom stereocenters. The summed E-state index contributed by atoms with van der Waals surface area (Å²) in [5.74, 6) is -2.27. The Balaban J connectivity index is 1.50. The van der Waals surface area contributed by atoms with E-state index in [-0.39, 0.29) is 37.1 Å². The van der Waals surface area contributed by atoms with E-state index in [1.54, 1.807) is 12.1 Å². The van der Waals surface area contributed by atoms with Crippen molar-refractivity contribution < 1.29 is 13.6 Å². The third-order valence-corrected chi connectivity index (χ3v) is 5.72. The standard InChI is InChI=1S/C18H21ClF2N4O/c19-14-5-4-13-16(23-14)25(12-2-1-3-12)17(22-13)24-15(26)10-11-6-8-18(20,21)9-7-11/h4-5,11-12H,1-3,6-10H2,(H,22,24,26). The first-order chi connectivity index (χ1) is 12.4. The van der Waals surface area contributed by atoms with Gasteiger partial charge in [-0.3, -0.25) is 14.7 Å². The van der Waals surface area contributed by atoms with Gasteiger partial charge in [-0.15, -0.1) is 0 Å². The van der Waals surface area contributed by atoms with Crippen LogP contribution in [0.15, 0.2) is 12.1 Å². The molecule has 8 heteroatoms. The Morgan fingerprint density at radius 2 is 1.96 bits per heavy atom. The van der Waals surface area contributed by atoms with Crippen LogP contribution in [0.25, 0.3) is 11.2 Å². The Labute approximate surface area is 155 Å². The van der Waals surface area contributed by atoms with E-state index in [0.717, 1.165) is 19.3 Å². The average molecular weight is 383 g/mol. The lowest BCUT2D eigenvalue weighted by atomic mass is 9.84. The van der Waals surface area contributed by atoms with Crippen molar-refractivity contribution >= 4 is 34.6 Å². The number of pyridine rings is 1. The summed E-state index contributed by atoms with van der Waals surface area (Å²) in [6, 6.07) is 3.73.